The molecular weight excluding hydrogens is 465 g/mol. The molecule has 0 aliphatic carbocycles. The lowest BCUT2D eigenvalue weighted by Crippen LogP contribution is -2.09. The first kappa shape index (κ1) is 25.2. The number of carbonyl (C=O) groups is 1. The van der Waals surface area contributed by atoms with Crippen molar-refractivity contribution in [3.63, 3.8) is 0 Å². The highest BCUT2D eigenvalue weighted by molar-refractivity contribution is 7.99. The molecule has 0 heterocycles. The fourth-order valence-electron chi connectivity index (χ4n) is 3.25. The molecule has 0 unspecified atom stereocenters. The Balaban J connectivity index is 1.82. The van der Waals surface area contributed by atoms with Crippen molar-refractivity contribution in [1.29, 1.82) is 0 Å². The Kier molecular flexibility index (Phi) is 8.28. The smallest absolute Gasteiger partial charge is 0.416 e. The van der Waals surface area contributed by atoms with Crippen molar-refractivity contribution in [2.24, 2.45) is 0 Å². The minimum absolute atomic E-state index is 0.408. The standard InChI is InChI=1S/C26H23F3O4S/c1-17-15-22(11-12-24(17)33-16-25(30)31)34-14-13-23(19-5-9-21(32-2)10-6-19)18-3-7-20(8-4-18)26(27,28)29/h3-13,15H,14,16H2,1-2H3,(H,30,31)/b23-13-. The van der Waals surface area contributed by atoms with Gasteiger partial charge in [0.1, 0.15) is 11.5 Å². The van der Waals surface area contributed by atoms with Crippen LogP contribution >= 0.6 is 11.8 Å². The summed E-state index contributed by atoms with van der Waals surface area (Å²) in [6.45, 7) is 1.43. The molecule has 0 saturated carbocycles. The van der Waals surface area contributed by atoms with E-state index < -0.39 is 24.3 Å². The van der Waals surface area contributed by atoms with Crippen LogP contribution in [0.2, 0.25) is 0 Å². The second-order valence-electron chi connectivity index (χ2n) is 7.34. The summed E-state index contributed by atoms with van der Waals surface area (Å²) in [6, 6.07) is 17.9. The summed E-state index contributed by atoms with van der Waals surface area (Å²) in [5.74, 6) is 0.714. The highest BCUT2D eigenvalue weighted by atomic mass is 32.2. The van der Waals surface area contributed by atoms with Gasteiger partial charge in [-0.1, -0.05) is 30.3 Å². The molecule has 0 saturated heterocycles. The number of aryl methyl sites for hydroxylation is 1. The average molecular weight is 489 g/mol. The van der Waals surface area contributed by atoms with E-state index in [-0.39, 0.29) is 0 Å². The van der Waals surface area contributed by atoms with Crippen molar-refractivity contribution < 1.29 is 32.5 Å². The molecule has 0 aliphatic heterocycles. The number of hydrogen-bond donors (Lipinski definition) is 1. The monoisotopic (exact) mass is 488 g/mol. The summed E-state index contributed by atoms with van der Waals surface area (Å²) in [7, 11) is 1.57. The molecule has 4 nitrogen and oxygen atoms in total. The number of carboxylic acids is 1. The Bertz CT molecular complexity index is 1150. The van der Waals surface area contributed by atoms with Gasteiger partial charge in [0.05, 0.1) is 12.7 Å². The SMILES string of the molecule is COc1ccc(/C(=C\CSc2ccc(OCC(=O)O)c(C)c2)c2ccc(C(F)(F)F)cc2)cc1. The Morgan fingerprint density at radius 2 is 1.62 bits per heavy atom. The molecule has 0 bridgehead atoms. The van der Waals surface area contributed by atoms with Crippen molar-refractivity contribution in [2.45, 2.75) is 18.0 Å². The van der Waals surface area contributed by atoms with E-state index in [1.54, 1.807) is 37.1 Å². The third-order valence-electron chi connectivity index (χ3n) is 4.96. The number of carboxylic acid groups (broad SMARTS) is 1. The molecule has 0 spiro atoms. The number of ether oxygens (including phenoxy) is 2. The average Bonchev–Trinajstić information content (AvgIpc) is 2.81. The van der Waals surface area contributed by atoms with Crippen molar-refractivity contribution in [2.75, 3.05) is 19.5 Å². The maximum absolute atomic E-state index is 13.0. The number of methoxy groups -OCH3 is 1. The summed E-state index contributed by atoms with van der Waals surface area (Å²) in [5.41, 5.74) is 2.46. The second kappa shape index (κ2) is 11.2. The van der Waals surface area contributed by atoms with Crippen molar-refractivity contribution in [3.8, 4) is 11.5 Å². The van der Waals surface area contributed by atoms with Gasteiger partial charge in [0.2, 0.25) is 0 Å². The third-order valence-corrected chi connectivity index (χ3v) is 5.88. The van der Waals surface area contributed by atoms with E-state index in [4.69, 9.17) is 14.6 Å². The zero-order valence-corrected chi connectivity index (χ0v) is 19.4. The molecule has 0 amide bonds. The van der Waals surface area contributed by atoms with Crippen LogP contribution in [0, 0.1) is 6.92 Å². The molecule has 0 atom stereocenters. The van der Waals surface area contributed by atoms with Crippen LogP contribution in [0.5, 0.6) is 11.5 Å². The molecule has 0 aromatic heterocycles. The zero-order chi connectivity index (χ0) is 24.7. The number of hydrogen-bond acceptors (Lipinski definition) is 4. The van der Waals surface area contributed by atoms with Crippen molar-refractivity contribution in [1.82, 2.24) is 0 Å². The molecule has 8 heteroatoms. The van der Waals surface area contributed by atoms with E-state index in [1.165, 1.54) is 12.1 Å². The molecule has 0 radical (unpaired) electrons. The minimum Gasteiger partial charge on any atom is -0.497 e. The van der Waals surface area contributed by atoms with Crippen LogP contribution in [0.25, 0.3) is 5.57 Å². The summed E-state index contributed by atoms with van der Waals surface area (Å²) in [5, 5.41) is 8.76. The van der Waals surface area contributed by atoms with E-state index in [1.807, 2.05) is 37.3 Å². The van der Waals surface area contributed by atoms with Gasteiger partial charge in [-0.2, -0.15) is 13.2 Å². The van der Waals surface area contributed by atoms with Crippen LogP contribution in [-0.2, 0) is 11.0 Å². The molecule has 1 N–H and O–H groups in total. The molecule has 34 heavy (non-hydrogen) atoms. The largest absolute Gasteiger partial charge is 0.497 e. The zero-order valence-electron chi connectivity index (χ0n) is 18.6. The Labute approximate surface area is 200 Å². The van der Waals surface area contributed by atoms with Gasteiger partial charge in [-0.05, 0) is 71.7 Å². The molecular formula is C26H23F3O4S. The number of alkyl halides is 3. The van der Waals surface area contributed by atoms with Crippen molar-refractivity contribution in [3.05, 3.63) is 95.1 Å². The van der Waals surface area contributed by atoms with Crippen LogP contribution < -0.4 is 9.47 Å². The van der Waals surface area contributed by atoms with E-state index in [0.29, 0.717) is 22.8 Å². The van der Waals surface area contributed by atoms with E-state index >= 15 is 0 Å². The van der Waals surface area contributed by atoms with Gasteiger partial charge in [-0.15, -0.1) is 11.8 Å². The van der Waals surface area contributed by atoms with Crippen LogP contribution in [0.3, 0.4) is 0 Å². The number of rotatable bonds is 9. The number of aliphatic carboxylic acids is 1. The molecule has 0 fully saturated rings. The van der Waals surface area contributed by atoms with Gasteiger partial charge < -0.3 is 14.6 Å². The van der Waals surface area contributed by atoms with Gasteiger partial charge in [0.25, 0.3) is 0 Å². The first-order valence-electron chi connectivity index (χ1n) is 10.3. The molecule has 178 valence electrons. The second-order valence-corrected chi connectivity index (χ2v) is 8.44. The lowest BCUT2D eigenvalue weighted by atomic mass is 9.96. The fraction of sp³-hybridized carbons (Fsp3) is 0.192. The van der Waals surface area contributed by atoms with Crippen LogP contribution in [0.15, 0.2) is 77.7 Å². The molecule has 3 aromatic rings. The first-order chi connectivity index (χ1) is 16.2. The maximum atomic E-state index is 13.0. The lowest BCUT2D eigenvalue weighted by molar-refractivity contribution is -0.139. The van der Waals surface area contributed by atoms with Gasteiger partial charge >= 0.3 is 12.1 Å². The van der Waals surface area contributed by atoms with E-state index in [2.05, 4.69) is 0 Å². The Morgan fingerprint density at radius 3 is 2.15 bits per heavy atom. The van der Waals surface area contributed by atoms with Crippen LogP contribution in [-0.4, -0.2) is 30.5 Å². The summed E-state index contributed by atoms with van der Waals surface area (Å²) in [4.78, 5) is 11.7. The van der Waals surface area contributed by atoms with E-state index in [0.717, 1.165) is 33.7 Å². The van der Waals surface area contributed by atoms with E-state index in [9.17, 15) is 18.0 Å². The van der Waals surface area contributed by atoms with Crippen LogP contribution in [0.1, 0.15) is 22.3 Å². The summed E-state index contributed by atoms with van der Waals surface area (Å²) < 4.78 is 49.4. The third kappa shape index (κ3) is 6.81. The number of halogens is 3. The fourth-order valence-corrected chi connectivity index (χ4v) is 4.11. The number of benzene rings is 3. The highest BCUT2D eigenvalue weighted by Crippen LogP contribution is 2.33. The van der Waals surface area contributed by atoms with Gasteiger partial charge in [0.15, 0.2) is 6.61 Å². The highest BCUT2D eigenvalue weighted by Gasteiger charge is 2.30. The topological polar surface area (TPSA) is 55.8 Å². The predicted molar refractivity (Wildman–Crippen MR) is 127 cm³/mol. The molecule has 3 aromatic carbocycles. The van der Waals surface area contributed by atoms with Crippen LogP contribution in [0.4, 0.5) is 13.2 Å². The lowest BCUT2D eigenvalue weighted by Gasteiger charge is -2.12. The Morgan fingerprint density at radius 1 is 1.00 bits per heavy atom. The summed E-state index contributed by atoms with van der Waals surface area (Å²) >= 11 is 1.55. The molecule has 0 aliphatic rings. The first-order valence-corrected chi connectivity index (χ1v) is 11.3. The van der Waals surface area contributed by atoms with Gasteiger partial charge in [-0.3, -0.25) is 0 Å². The number of thioether (sulfide) groups is 1. The maximum Gasteiger partial charge on any atom is 0.416 e. The van der Waals surface area contributed by atoms with Gasteiger partial charge in [-0.25, -0.2) is 4.79 Å². The molecule has 3 rings (SSSR count). The predicted octanol–water partition coefficient (Wildman–Crippen LogP) is 6.71. The Hall–Kier alpha value is -3.39. The quantitative estimate of drug-likeness (QED) is 0.339. The minimum atomic E-state index is -4.39. The summed E-state index contributed by atoms with van der Waals surface area (Å²) in [6.07, 6.45) is -2.42. The van der Waals surface area contributed by atoms with Crippen molar-refractivity contribution >= 4 is 23.3 Å². The van der Waals surface area contributed by atoms with Gasteiger partial charge in [0, 0.05) is 10.6 Å². The normalized spacial score (nSPS) is 11.9.